The van der Waals surface area contributed by atoms with E-state index in [-0.39, 0.29) is 5.97 Å². The molecule has 1 aromatic rings. The summed E-state index contributed by atoms with van der Waals surface area (Å²) in [5, 5.41) is 0. The summed E-state index contributed by atoms with van der Waals surface area (Å²) in [6.45, 7) is 4.48. The molecule has 5 nitrogen and oxygen atoms in total. The third-order valence-electron chi connectivity index (χ3n) is 5.36. The molecule has 0 unspecified atom stereocenters. The molecule has 0 bridgehead atoms. The van der Waals surface area contributed by atoms with E-state index in [1.165, 1.54) is 32.1 Å². The van der Waals surface area contributed by atoms with Gasteiger partial charge in [0.25, 0.3) is 0 Å². The first-order valence-corrected chi connectivity index (χ1v) is 9.58. The fraction of sp³-hybridized carbons (Fsp3) is 0.650. The highest BCUT2D eigenvalue weighted by Gasteiger charge is 2.17. The van der Waals surface area contributed by atoms with Crippen LogP contribution >= 0.6 is 0 Å². The van der Waals surface area contributed by atoms with E-state index >= 15 is 0 Å². The van der Waals surface area contributed by atoms with Gasteiger partial charge in [0.1, 0.15) is 6.61 Å². The largest absolute Gasteiger partial charge is 0.461 e. The summed E-state index contributed by atoms with van der Waals surface area (Å²) < 4.78 is 10.7. The van der Waals surface area contributed by atoms with Crippen molar-refractivity contribution >= 4 is 11.7 Å². The number of nitrogen functional groups attached to an aromatic ring is 1. The van der Waals surface area contributed by atoms with Crippen LogP contribution in [0.3, 0.4) is 0 Å². The number of hydrogen-bond donors (Lipinski definition) is 1. The molecule has 0 atom stereocenters. The maximum Gasteiger partial charge on any atom is 0.338 e. The van der Waals surface area contributed by atoms with Crippen LogP contribution in [-0.2, 0) is 15.9 Å². The van der Waals surface area contributed by atoms with Gasteiger partial charge in [0.15, 0.2) is 0 Å². The zero-order valence-corrected chi connectivity index (χ0v) is 15.0. The topological polar surface area (TPSA) is 64.8 Å². The lowest BCUT2D eigenvalue weighted by molar-refractivity contribution is 0.0195. The summed E-state index contributed by atoms with van der Waals surface area (Å²) in [7, 11) is 0. The number of carbonyl (C=O) groups is 1. The monoisotopic (exact) mass is 346 g/mol. The van der Waals surface area contributed by atoms with Gasteiger partial charge in [0, 0.05) is 25.3 Å². The number of morpholine rings is 1. The third-order valence-corrected chi connectivity index (χ3v) is 5.36. The van der Waals surface area contributed by atoms with Crippen LogP contribution in [-0.4, -0.2) is 50.3 Å². The second-order valence-electron chi connectivity index (χ2n) is 7.21. The first kappa shape index (κ1) is 18.2. The summed E-state index contributed by atoms with van der Waals surface area (Å²) in [6, 6.07) is 5.63. The highest BCUT2D eigenvalue weighted by Crippen LogP contribution is 2.29. The molecule has 5 heteroatoms. The van der Waals surface area contributed by atoms with Gasteiger partial charge >= 0.3 is 5.97 Å². The molecular formula is C20H30N2O3. The van der Waals surface area contributed by atoms with Gasteiger partial charge in [-0.05, 0) is 30.0 Å². The van der Waals surface area contributed by atoms with Crippen LogP contribution in [0.25, 0.3) is 0 Å². The van der Waals surface area contributed by atoms with E-state index in [1.54, 1.807) is 6.07 Å². The van der Waals surface area contributed by atoms with E-state index in [4.69, 9.17) is 15.2 Å². The lowest BCUT2D eigenvalue weighted by Gasteiger charge is -2.26. The van der Waals surface area contributed by atoms with Gasteiger partial charge in [-0.1, -0.05) is 38.2 Å². The van der Waals surface area contributed by atoms with Gasteiger partial charge in [-0.25, -0.2) is 4.79 Å². The van der Waals surface area contributed by atoms with Gasteiger partial charge in [-0.15, -0.1) is 0 Å². The smallest absolute Gasteiger partial charge is 0.338 e. The molecule has 1 saturated heterocycles. The van der Waals surface area contributed by atoms with Crippen LogP contribution in [0.5, 0.6) is 0 Å². The molecule has 1 aromatic carbocycles. The highest BCUT2D eigenvalue weighted by molar-refractivity contribution is 5.90. The van der Waals surface area contributed by atoms with Crippen molar-refractivity contribution in [2.75, 3.05) is 45.2 Å². The van der Waals surface area contributed by atoms with Crippen molar-refractivity contribution in [3.05, 3.63) is 29.3 Å². The molecule has 1 aliphatic carbocycles. The first-order valence-electron chi connectivity index (χ1n) is 9.58. The summed E-state index contributed by atoms with van der Waals surface area (Å²) in [5.74, 6) is 0.451. The van der Waals surface area contributed by atoms with E-state index in [0.717, 1.165) is 50.8 Å². The van der Waals surface area contributed by atoms with Crippen molar-refractivity contribution in [2.45, 2.75) is 38.5 Å². The minimum absolute atomic E-state index is 0.288. The third kappa shape index (κ3) is 5.44. The Kier molecular flexibility index (Phi) is 6.70. The Bertz CT molecular complexity index is 564. The van der Waals surface area contributed by atoms with Crippen LogP contribution in [0.1, 0.15) is 48.0 Å². The number of anilines is 1. The average Bonchev–Trinajstić information content (AvgIpc) is 2.65. The van der Waals surface area contributed by atoms with Gasteiger partial charge in [0.2, 0.25) is 0 Å². The molecule has 3 rings (SSSR count). The van der Waals surface area contributed by atoms with E-state index in [0.29, 0.717) is 17.9 Å². The molecule has 1 heterocycles. The van der Waals surface area contributed by atoms with Gasteiger partial charge in [0.05, 0.1) is 18.8 Å². The van der Waals surface area contributed by atoms with E-state index in [2.05, 4.69) is 4.90 Å². The molecule has 0 spiro atoms. The quantitative estimate of drug-likeness (QED) is 0.634. The van der Waals surface area contributed by atoms with E-state index < -0.39 is 0 Å². The normalized spacial score (nSPS) is 19.7. The zero-order valence-electron chi connectivity index (χ0n) is 15.0. The Hall–Kier alpha value is -1.59. The van der Waals surface area contributed by atoms with Crippen LogP contribution < -0.4 is 5.73 Å². The lowest BCUT2D eigenvalue weighted by atomic mass is 9.84. The van der Waals surface area contributed by atoms with Crippen molar-refractivity contribution in [1.29, 1.82) is 0 Å². The molecule has 1 aliphatic heterocycles. The molecule has 138 valence electrons. The summed E-state index contributed by atoms with van der Waals surface area (Å²) in [4.78, 5) is 14.5. The standard InChI is InChI=1S/C20H30N2O3/c21-19-15-18(7-6-17(19)14-16-4-2-1-3-5-16)20(23)25-13-10-22-8-11-24-12-9-22/h6-7,15-16H,1-5,8-14,21H2. The zero-order chi connectivity index (χ0) is 17.5. The minimum atomic E-state index is -0.288. The molecule has 0 amide bonds. The number of esters is 1. The van der Waals surface area contributed by atoms with E-state index in [1.807, 2.05) is 12.1 Å². The van der Waals surface area contributed by atoms with Gasteiger partial charge < -0.3 is 15.2 Å². The Morgan fingerprint density at radius 3 is 2.68 bits per heavy atom. The molecule has 25 heavy (non-hydrogen) atoms. The fourth-order valence-electron chi connectivity index (χ4n) is 3.79. The molecule has 0 aromatic heterocycles. The molecule has 2 fully saturated rings. The Labute approximate surface area is 150 Å². The Morgan fingerprint density at radius 1 is 1.20 bits per heavy atom. The van der Waals surface area contributed by atoms with Crippen LogP contribution in [0.15, 0.2) is 18.2 Å². The highest BCUT2D eigenvalue weighted by atomic mass is 16.5. The Balaban J connectivity index is 1.48. The van der Waals surface area contributed by atoms with Gasteiger partial charge in [-0.2, -0.15) is 0 Å². The molecule has 2 aliphatic rings. The van der Waals surface area contributed by atoms with E-state index in [9.17, 15) is 4.79 Å². The summed E-state index contributed by atoms with van der Waals surface area (Å²) >= 11 is 0. The first-order chi connectivity index (χ1) is 12.2. The Morgan fingerprint density at radius 2 is 1.96 bits per heavy atom. The molecule has 0 radical (unpaired) electrons. The number of nitrogens with two attached hydrogens (primary N) is 1. The number of ether oxygens (including phenoxy) is 2. The van der Waals surface area contributed by atoms with Crippen molar-refractivity contribution in [2.24, 2.45) is 5.92 Å². The average molecular weight is 346 g/mol. The predicted molar refractivity (Wildman–Crippen MR) is 98.7 cm³/mol. The van der Waals surface area contributed by atoms with Crippen molar-refractivity contribution in [1.82, 2.24) is 4.90 Å². The lowest BCUT2D eigenvalue weighted by Crippen LogP contribution is -2.38. The fourth-order valence-corrected chi connectivity index (χ4v) is 3.79. The van der Waals surface area contributed by atoms with Crippen molar-refractivity contribution in [3.8, 4) is 0 Å². The number of carbonyl (C=O) groups excluding carboxylic acids is 1. The van der Waals surface area contributed by atoms with Crippen LogP contribution in [0, 0.1) is 5.92 Å². The van der Waals surface area contributed by atoms with Crippen molar-refractivity contribution in [3.63, 3.8) is 0 Å². The van der Waals surface area contributed by atoms with Gasteiger partial charge in [-0.3, -0.25) is 4.90 Å². The number of hydrogen-bond acceptors (Lipinski definition) is 5. The SMILES string of the molecule is Nc1cc(C(=O)OCCN2CCOCC2)ccc1CC1CCCCC1. The minimum Gasteiger partial charge on any atom is -0.461 e. The molecule has 2 N–H and O–H groups in total. The maximum absolute atomic E-state index is 12.2. The maximum atomic E-state index is 12.2. The second kappa shape index (κ2) is 9.20. The van der Waals surface area contributed by atoms with Crippen molar-refractivity contribution < 1.29 is 14.3 Å². The number of nitrogens with zero attached hydrogens (tertiary/aromatic N) is 1. The predicted octanol–water partition coefficient (Wildman–Crippen LogP) is 2.88. The summed E-state index contributed by atoms with van der Waals surface area (Å²) in [5.41, 5.74) is 8.62. The summed E-state index contributed by atoms with van der Waals surface area (Å²) in [6.07, 6.45) is 7.64. The molecule has 1 saturated carbocycles. The van der Waals surface area contributed by atoms with Crippen LogP contribution in [0.2, 0.25) is 0 Å². The number of benzene rings is 1. The second-order valence-corrected chi connectivity index (χ2v) is 7.21. The van der Waals surface area contributed by atoms with Crippen LogP contribution in [0.4, 0.5) is 5.69 Å². The number of rotatable bonds is 6. The molecular weight excluding hydrogens is 316 g/mol.